The van der Waals surface area contributed by atoms with Crippen LogP contribution in [0.4, 0.5) is 5.13 Å². The highest BCUT2D eigenvalue weighted by Gasteiger charge is 2.15. The van der Waals surface area contributed by atoms with Crippen molar-refractivity contribution in [2.45, 2.75) is 20.4 Å². The number of benzene rings is 1. The largest absolute Gasteiger partial charge is 0.490 e. The van der Waals surface area contributed by atoms with Crippen LogP contribution in [-0.2, 0) is 11.3 Å². The van der Waals surface area contributed by atoms with E-state index in [1.807, 2.05) is 19.2 Å². The third-order valence-corrected chi connectivity index (χ3v) is 4.87. The molecule has 2 aromatic rings. The Balaban J connectivity index is 1.63. The van der Waals surface area contributed by atoms with Crippen LogP contribution in [-0.4, -0.2) is 55.3 Å². The average Bonchev–Trinajstić information content (AvgIpc) is 3.11. The Morgan fingerprint density at radius 1 is 1.22 bits per heavy atom. The molecule has 0 saturated carbocycles. The van der Waals surface area contributed by atoms with Crippen molar-refractivity contribution in [2.75, 3.05) is 44.8 Å². The number of nitrogens with one attached hydrogen (secondary N) is 1. The summed E-state index contributed by atoms with van der Waals surface area (Å²) in [6, 6.07) is 5.19. The van der Waals surface area contributed by atoms with Gasteiger partial charge in [0, 0.05) is 30.6 Å². The molecule has 1 fully saturated rings. The fourth-order valence-electron chi connectivity index (χ4n) is 2.79. The lowest BCUT2D eigenvalue weighted by Crippen LogP contribution is -2.35. The van der Waals surface area contributed by atoms with Crippen molar-refractivity contribution in [3.8, 4) is 11.5 Å². The van der Waals surface area contributed by atoms with Gasteiger partial charge in [0.1, 0.15) is 0 Å². The molecular weight excluding hydrogens is 366 g/mol. The number of hydrogen-bond donors (Lipinski definition) is 1. The summed E-state index contributed by atoms with van der Waals surface area (Å²) in [6.45, 7) is 8.95. The first kappa shape index (κ1) is 19.6. The minimum Gasteiger partial charge on any atom is -0.490 e. The number of thiazole rings is 1. The maximum atomic E-state index is 12.6. The van der Waals surface area contributed by atoms with E-state index >= 15 is 0 Å². The Bertz CT molecular complexity index is 759. The van der Waals surface area contributed by atoms with Crippen LogP contribution in [0.1, 0.15) is 29.9 Å². The molecule has 1 amide bonds. The van der Waals surface area contributed by atoms with E-state index in [2.05, 4.69) is 15.2 Å². The molecule has 1 aromatic heterocycles. The number of nitrogens with zero attached hydrogens (tertiary/aromatic N) is 2. The number of carbonyl (C=O) groups excluding carboxylic acids is 1. The van der Waals surface area contributed by atoms with E-state index in [0.717, 1.165) is 38.5 Å². The summed E-state index contributed by atoms with van der Waals surface area (Å²) in [5, 5.41) is 5.44. The summed E-state index contributed by atoms with van der Waals surface area (Å²) in [6.07, 6.45) is 0. The van der Waals surface area contributed by atoms with Crippen LogP contribution >= 0.6 is 11.3 Å². The summed E-state index contributed by atoms with van der Waals surface area (Å²) in [7, 11) is 0. The highest BCUT2D eigenvalue weighted by atomic mass is 32.1. The van der Waals surface area contributed by atoms with E-state index in [0.29, 0.717) is 35.4 Å². The SMILES string of the molecule is CCOc1ccc(C(=O)Nc2nc(CN3CCOCC3)cs2)cc1OCC. The molecule has 1 aliphatic heterocycles. The van der Waals surface area contributed by atoms with E-state index in [1.165, 1.54) is 11.3 Å². The molecule has 0 spiro atoms. The third kappa shape index (κ3) is 5.41. The fourth-order valence-corrected chi connectivity index (χ4v) is 3.48. The molecule has 3 rings (SSSR count). The van der Waals surface area contributed by atoms with Crippen LogP contribution in [0.15, 0.2) is 23.6 Å². The van der Waals surface area contributed by atoms with Crippen LogP contribution in [0.3, 0.4) is 0 Å². The summed E-state index contributed by atoms with van der Waals surface area (Å²) < 4.78 is 16.5. The second-order valence-corrected chi connectivity index (χ2v) is 6.87. The molecule has 0 bridgehead atoms. The number of amides is 1. The van der Waals surface area contributed by atoms with Crippen molar-refractivity contribution in [3.05, 3.63) is 34.8 Å². The van der Waals surface area contributed by atoms with Crippen molar-refractivity contribution >= 4 is 22.4 Å². The Hall–Kier alpha value is -2.16. The summed E-state index contributed by atoms with van der Waals surface area (Å²) >= 11 is 1.43. The van der Waals surface area contributed by atoms with Crippen molar-refractivity contribution in [1.29, 1.82) is 0 Å². The molecular formula is C19H25N3O4S. The number of hydrogen-bond acceptors (Lipinski definition) is 7. The highest BCUT2D eigenvalue weighted by molar-refractivity contribution is 7.13. The Kier molecular flexibility index (Phi) is 7.03. The number of ether oxygens (including phenoxy) is 3. The first-order chi connectivity index (χ1) is 13.2. The molecule has 0 radical (unpaired) electrons. The molecule has 1 aromatic carbocycles. The van der Waals surface area contributed by atoms with Gasteiger partial charge < -0.3 is 14.2 Å². The van der Waals surface area contributed by atoms with Gasteiger partial charge in [-0.3, -0.25) is 15.0 Å². The van der Waals surface area contributed by atoms with Crippen LogP contribution in [0.25, 0.3) is 0 Å². The number of carbonyl (C=O) groups is 1. The zero-order valence-electron chi connectivity index (χ0n) is 15.7. The number of morpholine rings is 1. The molecule has 0 unspecified atom stereocenters. The number of aromatic nitrogens is 1. The second-order valence-electron chi connectivity index (χ2n) is 6.01. The highest BCUT2D eigenvalue weighted by Crippen LogP contribution is 2.29. The molecule has 0 aliphatic carbocycles. The van der Waals surface area contributed by atoms with E-state index in [4.69, 9.17) is 14.2 Å². The van der Waals surface area contributed by atoms with Crippen LogP contribution in [0.5, 0.6) is 11.5 Å². The van der Waals surface area contributed by atoms with Crippen LogP contribution in [0.2, 0.25) is 0 Å². The van der Waals surface area contributed by atoms with E-state index in [-0.39, 0.29) is 5.91 Å². The molecule has 1 N–H and O–H groups in total. The predicted molar refractivity (Wildman–Crippen MR) is 105 cm³/mol. The van der Waals surface area contributed by atoms with E-state index in [9.17, 15) is 4.79 Å². The fraction of sp³-hybridized carbons (Fsp3) is 0.474. The van der Waals surface area contributed by atoms with Gasteiger partial charge in [-0.05, 0) is 32.0 Å². The van der Waals surface area contributed by atoms with Gasteiger partial charge in [0.2, 0.25) is 0 Å². The molecule has 1 aliphatic rings. The minimum atomic E-state index is -0.216. The number of rotatable bonds is 8. The van der Waals surface area contributed by atoms with Gasteiger partial charge >= 0.3 is 0 Å². The first-order valence-corrected chi connectivity index (χ1v) is 10.0. The zero-order chi connectivity index (χ0) is 19.1. The van der Waals surface area contributed by atoms with Crippen molar-refractivity contribution < 1.29 is 19.0 Å². The van der Waals surface area contributed by atoms with Crippen molar-refractivity contribution in [3.63, 3.8) is 0 Å². The Labute approximate surface area is 163 Å². The smallest absolute Gasteiger partial charge is 0.257 e. The van der Waals surface area contributed by atoms with Gasteiger partial charge in [-0.25, -0.2) is 4.98 Å². The Morgan fingerprint density at radius 2 is 1.96 bits per heavy atom. The lowest BCUT2D eigenvalue weighted by Gasteiger charge is -2.25. The third-order valence-electron chi connectivity index (χ3n) is 4.07. The topological polar surface area (TPSA) is 72.9 Å². The van der Waals surface area contributed by atoms with Gasteiger partial charge in [0.15, 0.2) is 16.6 Å². The lowest BCUT2D eigenvalue weighted by atomic mass is 10.2. The van der Waals surface area contributed by atoms with Gasteiger partial charge in [-0.2, -0.15) is 0 Å². The van der Waals surface area contributed by atoms with E-state index in [1.54, 1.807) is 18.2 Å². The number of anilines is 1. The van der Waals surface area contributed by atoms with Crippen molar-refractivity contribution in [1.82, 2.24) is 9.88 Å². The summed E-state index contributed by atoms with van der Waals surface area (Å²) in [5.74, 6) is 0.989. The Morgan fingerprint density at radius 3 is 2.70 bits per heavy atom. The van der Waals surface area contributed by atoms with E-state index < -0.39 is 0 Å². The molecule has 1 saturated heterocycles. The molecule has 2 heterocycles. The molecule has 27 heavy (non-hydrogen) atoms. The molecule has 0 atom stereocenters. The van der Waals surface area contributed by atoms with Gasteiger partial charge in [0.05, 0.1) is 32.1 Å². The van der Waals surface area contributed by atoms with Crippen LogP contribution < -0.4 is 14.8 Å². The van der Waals surface area contributed by atoms with Gasteiger partial charge in [0.25, 0.3) is 5.91 Å². The average molecular weight is 391 g/mol. The lowest BCUT2D eigenvalue weighted by molar-refractivity contribution is 0.0337. The van der Waals surface area contributed by atoms with Gasteiger partial charge in [-0.1, -0.05) is 0 Å². The summed E-state index contributed by atoms with van der Waals surface area (Å²) in [5.41, 5.74) is 1.46. The molecule has 146 valence electrons. The standard InChI is InChI=1S/C19H25N3O4S/c1-3-25-16-6-5-14(11-17(16)26-4-2)18(23)21-19-20-15(13-27-19)12-22-7-9-24-10-8-22/h5-6,11,13H,3-4,7-10,12H2,1-2H3,(H,20,21,23). The normalized spacial score (nSPS) is 14.7. The zero-order valence-corrected chi connectivity index (χ0v) is 16.5. The second kappa shape index (κ2) is 9.68. The summed E-state index contributed by atoms with van der Waals surface area (Å²) in [4.78, 5) is 19.4. The monoisotopic (exact) mass is 391 g/mol. The van der Waals surface area contributed by atoms with Crippen molar-refractivity contribution in [2.24, 2.45) is 0 Å². The molecule has 7 nitrogen and oxygen atoms in total. The quantitative estimate of drug-likeness (QED) is 0.746. The first-order valence-electron chi connectivity index (χ1n) is 9.15. The minimum absolute atomic E-state index is 0.216. The molecule has 8 heteroatoms. The maximum Gasteiger partial charge on any atom is 0.257 e. The predicted octanol–water partition coefficient (Wildman–Crippen LogP) is 3.03. The maximum absolute atomic E-state index is 12.6. The van der Waals surface area contributed by atoms with Gasteiger partial charge in [-0.15, -0.1) is 11.3 Å². The van der Waals surface area contributed by atoms with Crippen LogP contribution in [0, 0.1) is 0 Å².